The van der Waals surface area contributed by atoms with Crippen molar-refractivity contribution in [2.45, 2.75) is 57.8 Å². The van der Waals surface area contributed by atoms with Gasteiger partial charge in [0.2, 0.25) is 5.91 Å². The zero-order chi connectivity index (χ0) is 12.8. The van der Waals surface area contributed by atoms with E-state index in [2.05, 4.69) is 5.32 Å². The molecule has 0 aliphatic carbocycles. The van der Waals surface area contributed by atoms with Gasteiger partial charge < -0.3 is 11.1 Å². The Morgan fingerprint density at radius 1 is 1.31 bits per heavy atom. The van der Waals surface area contributed by atoms with Crippen LogP contribution in [0.2, 0.25) is 0 Å². The smallest absolute Gasteiger partial charge is 0.370 e. The van der Waals surface area contributed by atoms with E-state index in [4.69, 9.17) is 5.73 Å². The lowest BCUT2D eigenvalue weighted by molar-refractivity contribution is -0.135. The molecule has 0 aliphatic rings. The number of nitrogens with one attached hydrogen (secondary N) is 1. The summed E-state index contributed by atoms with van der Waals surface area (Å²) in [7, 11) is 0. The largest absolute Gasteiger partial charge is 0.389 e. The lowest BCUT2D eigenvalue weighted by atomic mass is 10.1. The third kappa shape index (κ3) is 9.76. The minimum absolute atomic E-state index is 0.0447. The fourth-order valence-electron chi connectivity index (χ4n) is 1.54. The van der Waals surface area contributed by atoms with Gasteiger partial charge >= 0.3 is 6.18 Å². The Balaban J connectivity index is 3.66. The minimum atomic E-state index is -4.08. The van der Waals surface area contributed by atoms with E-state index in [-0.39, 0.29) is 24.9 Å². The van der Waals surface area contributed by atoms with Crippen molar-refractivity contribution in [1.82, 2.24) is 5.32 Å². The molecule has 0 saturated carbocycles. The zero-order valence-corrected chi connectivity index (χ0v) is 9.60. The summed E-state index contributed by atoms with van der Waals surface area (Å²) in [4.78, 5) is 10.6. The Labute approximate surface area is 93.6 Å². The fourth-order valence-corrected chi connectivity index (χ4v) is 1.54. The molecule has 0 aromatic rings. The Morgan fingerprint density at radius 3 is 2.31 bits per heavy atom. The number of hydrogen-bond acceptors (Lipinski definition) is 2. The van der Waals surface area contributed by atoms with Crippen molar-refractivity contribution < 1.29 is 18.0 Å². The van der Waals surface area contributed by atoms with E-state index in [1.54, 1.807) is 13.8 Å². The molecule has 1 amide bonds. The third-order valence-electron chi connectivity index (χ3n) is 2.17. The van der Waals surface area contributed by atoms with Gasteiger partial charge in [-0.1, -0.05) is 0 Å². The quantitative estimate of drug-likeness (QED) is 0.714. The molecule has 0 bridgehead atoms. The SMILES string of the molecule is CC(CCCC(F)(F)F)NC(C)CC(N)=O. The highest BCUT2D eigenvalue weighted by molar-refractivity contribution is 5.74. The number of nitrogens with two attached hydrogens (primary N) is 1. The van der Waals surface area contributed by atoms with E-state index in [9.17, 15) is 18.0 Å². The molecule has 3 N–H and O–H groups in total. The number of halogens is 3. The molecule has 0 aliphatic heterocycles. The maximum absolute atomic E-state index is 11.9. The molecule has 3 nitrogen and oxygen atoms in total. The van der Waals surface area contributed by atoms with Gasteiger partial charge in [0.15, 0.2) is 0 Å². The topological polar surface area (TPSA) is 55.1 Å². The van der Waals surface area contributed by atoms with Crippen molar-refractivity contribution in [3.8, 4) is 0 Å². The number of amides is 1. The van der Waals surface area contributed by atoms with Gasteiger partial charge in [0, 0.05) is 24.9 Å². The monoisotopic (exact) mass is 240 g/mol. The van der Waals surface area contributed by atoms with Crippen LogP contribution in [0.4, 0.5) is 13.2 Å². The van der Waals surface area contributed by atoms with Crippen molar-refractivity contribution in [2.75, 3.05) is 0 Å². The van der Waals surface area contributed by atoms with Crippen LogP contribution in [-0.2, 0) is 4.79 Å². The summed E-state index contributed by atoms with van der Waals surface area (Å²) in [6.45, 7) is 3.58. The van der Waals surface area contributed by atoms with Crippen LogP contribution in [0.15, 0.2) is 0 Å². The average molecular weight is 240 g/mol. The molecular weight excluding hydrogens is 221 g/mol. The summed E-state index contributed by atoms with van der Waals surface area (Å²) in [5.74, 6) is -0.414. The number of rotatable bonds is 7. The Kier molecular flexibility index (Phi) is 6.40. The Bertz CT molecular complexity index is 219. The first-order chi connectivity index (χ1) is 7.20. The summed E-state index contributed by atoms with van der Waals surface area (Å²) < 4.78 is 35.6. The first kappa shape index (κ1) is 15.2. The maximum Gasteiger partial charge on any atom is 0.389 e. The van der Waals surface area contributed by atoms with Crippen LogP contribution in [0.1, 0.15) is 39.5 Å². The molecule has 2 unspecified atom stereocenters. The number of primary amides is 1. The van der Waals surface area contributed by atoms with Gasteiger partial charge in [0.25, 0.3) is 0 Å². The third-order valence-corrected chi connectivity index (χ3v) is 2.17. The van der Waals surface area contributed by atoms with E-state index >= 15 is 0 Å². The summed E-state index contributed by atoms with van der Waals surface area (Å²) >= 11 is 0. The van der Waals surface area contributed by atoms with Gasteiger partial charge in [-0.2, -0.15) is 13.2 Å². The van der Waals surface area contributed by atoms with Gasteiger partial charge in [-0.3, -0.25) is 4.79 Å². The fraction of sp³-hybridized carbons (Fsp3) is 0.900. The molecule has 0 heterocycles. The second-order valence-electron chi connectivity index (χ2n) is 4.15. The van der Waals surface area contributed by atoms with Crippen molar-refractivity contribution >= 4 is 5.91 Å². The molecule has 0 saturated heterocycles. The Morgan fingerprint density at radius 2 is 1.88 bits per heavy atom. The number of alkyl halides is 3. The van der Waals surface area contributed by atoms with Crippen LogP contribution in [0.25, 0.3) is 0 Å². The van der Waals surface area contributed by atoms with Crippen molar-refractivity contribution in [2.24, 2.45) is 5.73 Å². The number of hydrogen-bond donors (Lipinski definition) is 2. The predicted molar refractivity (Wildman–Crippen MR) is 55.8 cm³/mol. The van der Waals surface area contributed by atoms with Crippen LogP contribution >= 0.6 is 0 Å². The molecule has 0 rings (SSSR count). The van der Waals surface area contributed by atoms with Gasteiger partial charge in [-0.05, 0) is 26.7 Å². The number of carbonyl (C=O) groups is 1. The first-order valence-electron chi connectivity index (χ1n) is 5.32. The molecular formula is C10H19F3N2O. The molecule has 0 aromatic carbocycles. The van der Waals surface area contributed by atoms with E-state index < -0.39 is 18.5 Å². The van der Waals surface area contributed by atoms with Crippen molar-refractivity contribution in [1.29, 1.82) is 0 Å². The van der Waals surface area contributed by atoms with Crippen LogP contribution < -0.4 is 11.1 Å². The second kappa shape index (κ2) is 6.73. The van der Waals surface area contributed by atoms with Gasteiger partial charge in [0.1, 0.15) is 0 Å². The van der Waals surface area contributed by atoms with E-state index in [1.165, 1.54) is 0 Å². The summed E-state index contributed by atoms with van der Waals surface area (Å²) in [6.07, 6.45) is -4.12. The van der Waals surface area contributed by atoms with E-state index in [0.717, 1.165) is 0 Å². The molecule has 0 aromatic heterocycles. The predicted octanol–water partition coefficient (Wildman–Crippen LogP) is 1.96. The van der Waals surface area contributed by atoms with Crippen LogP contribution in [0.3, 0.4) is 0 Å². The maximum atomic E-state index is 11.9. The highest BCUT2D eigenvalue weighted by Crippen LogP contribution is 2.22. The highest BCUT2D eigenvalue weighted by Gasteiger charge is 2.26. The molecule has 6 heteroatoms. The lowest BCUT2D eigenvalue weighted by Gasteiger charge is -2.19. The molecule has 96 valence electrons. The van der Waals surface area contributed by atoms with Crippen molar-refractivity contribution in [3.05, 3.63) is 0 Å². The van der Waals surface area contributed by atoms with E-state index in [0.29, 0.717) is 6.42 Å². The first-order valence-corrected chi connectivity index (χ1v) is 5.32. The molecule has 0 spiro atoms. The summed E-state index contributed by atoms with van der Waals surface area (Å²) in [6, 6.07) is -0.143. The van der Waals surface area contributed by atoms with Gasteiger partial charge in [0.05, 0.1) is 0 Å². The normalized spacial score (nSPS) is 15.8. The summed E-state index contributed by atoms with van der Waals surface area (Å²) in [5, 5.41) is 3.03. The number of carbonyl (C=O) groups excluding carboxylic acids is 1. The molecule has 16 heavy (non-hydrogen) atoms. The van der Waals surface area contributed by atoms with Crippen LogP contribution in [0, 0.1) is 0 Å². The minimum Gasteiger partial charge on any atom is -0.370 e. The standard InChI is InChI=1S/C10H19F3N2O/c1-7(4-3-5-10(11,12)13)15-8(2)6-9(14)16/h7-8,15H,3-6H2,1-2H3,(H2,14,16). The van der Waals surface area contributed by atoms with Crippen molar-refractivity contribution in [3.63, 3.8) is 0 Å². The molecule has 0 radical (unpaired) electrons. The van der Waals surface area contributed by atoms with Gasteiger partial charge in [-0.15, -0.1) is 0 Å². The summed E-state index contributed by atoms with van der Waals surface area (Å²) in [5.41, 5.74) is 5.00. The highest BCUT2D eigenvalue weighted by atomic mass is 19.4. The zero-order valence-electron chi connectivity index (χ0n) is 9.60. The molecule has 0 fully saturated rings. The van der Waals surface area contributed by atoms with Crippen LogP contribution in [0.5, 0.6) is 0 Å². The Hall–Kier alpha value is -0.780. The van der Waals surface area contributed by atoms with Crippen LogP contribution in [-0.4, -0.2) is 24.2 Å². The molecule has 2 atom stereocenters. The van der Waals surface area contributed by atoms with Gasteiger partial charge in [-0.25, -0.2) is 0 Å². The average Bonchev–Trinajstić information content (AvgIpc) is 1.98. The second-order valence-corrected chi connectivity index (χ2v) is 4.15. The lowest BCUT2D eigenvalue weighted by Crippen LogP contribution is -2.37. The van der Waals surface area contributed by atoms with E-state index in [1.807, 2.05) is 0 Å².